The molecule has 0 radical (unpaired) electrons. The molecule has 0 spiro atoms. The van der Waals surface area contributed by atoms with E-state index in [9.17, 15) is 4.79 Å². The summed E-state index contributed by atoms with van der Waals surface area (Å²) in [6.07, 6.45) is 4.88. The number of hydrogen-bond acceptors (Lipinski definition) is 3. The number of nitrogens with two attached hydrogens (primary N) is 1. The molecule has 0 aliphatic carbocycles. The normalized spacial score (nSPS) is 23.5. The number of nitrogens with zero attached hydrogens (tertiary/aromatic N) is 3. The van der Waals surface area contributed by atoms with Gasteiger partial charge in [0.1, 0.15) is 0 Å². The van der Waals surface area contributed by atoms with Gasteiger partial charge in [-0.15, -0.1) is 0 Å². The molecule has 2 fully saturated rings. The number of hydrogen-bond donors (Lipinski definition) is 1. The summed E-state index contributed by atoms with van der Waals surface area (Å²) < 4.78 is 0. The highest BCUT2D eigenvalue weighted by Gasteiger charge is 2.25. The largest absolute Gasteiger partial charge is 0.330 e. The van der Waals surface area contributed by atoms with E-state index in [1.807, 2.05) is 4.90 Å². The Kier molecular flexibility index (Phi) is 6.10. The zero-order valence-corrected chi connectivity index (χ0v) is 12.9. The van der Waals surface area contributed by atoms with Gasteiger partial charge in [-0.1, -0.05) is 19.8 Å². The van der Waals surface area contributed by atoms with Gasteiger partial charge in [-0.3, -0.25) is 4.90 Å². The summed E-state index contributed by atoms with van der Waals surface area (Å²) in [7, 11) is 0. The Morgan fingerprint density at radius 1 is 0.950 bits per heavy atom. The summed E-state index contributed by atoms with van der Waals surface area (Å²) in [5.74, 6) is 0.544. The molecule has 2 heterocycles. The minimum Gasteiger partial charge on any atom is -0.330 e. The average molecular weight is 282 g/mol. The number of piperazine rings is 1. The summed E-state index contributed by atoms with van der Waals surface area (Å²) >= 11 is 0. The molecule has 2 aliphatic heterocycles. The Morgan fingerprint density at radius 3 is 2.05 bits per heavy atom. The molecular formula is C15H30N4O. The van der Waals surface area contributed by atoms with E-state index in [4.69, 9.17) is 5.73 Å². The lowest BCUT2D eigenvalue weighted by Crippen LogP contribution is -2.53. The third-order valence-corrected chi connectivity index (χ3v) is 4.49. The number of urea groups is 1. The zero-order chi connectivity index (χ0) is 14.4. The topological polar surface area (TPSA) is 52.8 Å². The molecule has 1 atom stereocenters. The summed E-state index contributed by atoms with van der Waals surface area (Å²) in [4.78, 5) is 19.0. The van der Waals surface area contributed by atoms with E-state index in [1.165, 1.54) is 25.7 Å². The van der Waals surface area contributed by atoms with Crippen molar-refractivity contribution in [3.8, 4) is 0 Å². The van der Waals surface area contributed by atoms with Crippen molar-refractivity contribution in [3.05, 3.63) is 0 Å². The minimum atomic E-state index is 0.262. The van der Waals surface area contributed by atoms with Crippen LogP contribution in [0.3, 0.4) is 0 Å². The number of carbonyl (C=O) groups excluding carboxylic acids is 1. The van der Waals surface area contributed by atoms with Gasteiger partial charge in [-0.2, -0.15) is 0 Å². The Balaban J connectivity index is 1.76. The summed E-state index contributed by atoms with van der Waals surface area (Å²) in [5, 5.41) is 0. The van der Waals surface area contributed by atoms with Crippen LogP contribution in [-0.2, 0) is 0 Å². The quantitative estimate of drug-likeness (QED) is 0.846. The van der Waals surface area contributed by atoms with Gasteiger partial charge in [0.25, 0.3) is 0 Å². The first-order valence-electron chi connectivity index (χ1n) is 8.17. The van der Waals surface area contributed by atoms with E-state index >= 15 is 0 Å². The van der Waals surface area contributed by atoms with E-state index in [-0.39, 0.29) is 6.03 Å². The second kappa shape index (κ2) is 7.84. The van der Waals surface area contributed by atoms with Crippen LogP contribution in [0, 0.1) is 5.92 Å². The van der Waals surface area contributed by atoms with Gasteiger partial charge in [0.15, 0.2) is 0 Å². The van der Waals surface area contributed by atoms with Crippen molar-refractivity contribution in [3.63, 3.8) is 0 Å². The highest BCUT2D eigenvalue weighted by atomic mass is 16.2. The first-order valence-corrected chi connectivity index (χ1v) is 8.17. The van der Waals surface area contributed by atoms with Crippen LogP contribution in [0.15, 0.2) is 0 Å². The van der Waals surface area contributed by atoms with E-state index in [2.05, 4.69) is 16.7 Å². The molecule has 0 aromatic carbocycles. The number of likely N-dealkylation sites (tertiary alicyclic amines) is 1. The van der Waals surface area contributed by atoms with Gasteiger partial charge in [0, 0.05) is 45.8 Å². The van der Waals surface area contributed by atoms with E-state index < -0.39 is 0 Å². The van der Waals surface area contributed by atoms with Gasteiger partial charge in [0.05, 0.1) is 0 Å². The molecule has 2 N–H and O–H groups in total. The Bertz CT molecular complexity index is 294. The van der Waals surface area contributed by atoms with Crippen molar-refractivity contribution in [1.82, 2.24) is 14.7 Å². The van der Waals surface area contributed by atoms with Crippen LogP contribution < -0.4 is 5.73 Å². The highest BCUT2D eigenvalue weighted by molar-refractivity contribution is 5.74. The summed E-state index contributed by atoms with van der Waals surface area (Å²) in [6, 6.07) is 0.262. The summed E-state index contributed by atoms with van der Waals surface area (Å²) in [6.45, 7) is 9.60. The van der Waals surface area contributed by atoms with Crippen molar-refractivity contribution < 1.29 is 4.79 Å². The predicted octanol–water partition coefficient (Wildman–Crippen LogP) is 1.19. The van der Waals surface area contributed by atoms with Crippen LogP contribution in [0.4, 0.5) is 4.79 Å². The maximum Gasteiger partial charge on any atom is 0.320 e. The number of amides is 2. The first kappa shape index (κ1) is 15.6. The number of rotatable bonds is 3. The smallest absolute Gasteiger partial charge is 0.320 e. The van der Waals surface area contributed by atoms with Crippen molar-refractivity contribution in [2.24, 2.45) is 11.7 Å². The molecule has 2 aliphatic rings. The highest BCUT2D eigenvalue weighted by Crippen LogP contribution is 2.13. The SMILES string of the molecule is CC(CN)CN1CCN(C(=O)N2CCCCCC2)CC1. The molecule has 2 saturated heterocycles. The fourth-order valence-corrected chi connectivity index (χ4v) is 3.10. The van der Waals surface area contributed by atoms with E-state index in [1.54, 1.807) is 0 Å². The molecule has 2 amide bonds. The van der Waals surface area contributed by atoms with Crippen LogP contribution in [0.5, 0.6) is 0 Å². The number of carbonyl (C=O) groups is 1. The second-order valence-corrected chi connectivity index (χ2v) is 6.31. The molecule has 0 saturated carbocycles. The van der Waals surface area contributed by atoms with Crippen molar-refractivity contribution >= 4 is 6.03 Å². The maximum absolute atomic E-state index is 12.5. The van der Waals surface area contributed by atoms with Gasteiger partial charge in [-0.25, -0.2) is 4.79 Å². The van der Waals surface area contributed by atoms with Crippen LogP contribution >= 0.6 is 0 Å². The summed E-state index contributed by atoms with van der Waals surface area (Å²) in [5.41, 5.74) is 5.68. The van der Waals surface area contributed by atoms with Crippen LogP contribution in [0.1, 0.15) is 32.6 Å². The maximum atomic E-state index is 12.5. The van der Waals surface area contributed by atoms with Crippen LogP contribution in [0.2, 0.25) is 0 Å². The fraction of sp³-hybridized carbons (Fsp3) is 0.933. The molecule has 20 heavy (non-hydrogen) atoms. The molecule has 2 rings (SSSR count). The van der Waals surface area contributed by atoms with Gasteiger partial charge in [-0.05, 0) is 25.3 Å². The average Bonchev–Trinajstić information content (AvgIpc) is 2.76. The van der Waals surface area contributed by atoms with Gasteiger partial charge in [0.2, 0.25) is 0 Å². The van der Waals surface area contributed by atoms with Crippen LogP contribution in [0.25, 0.3) is 0 Å². The minimum absolute atomic E-state index is 0.262. The standard InChI is InChI=1S/C15H30N4O/c1-14(12-16)13-17-8-10-19(11-9-17)15(20)18-6-4-2-3-5-7-18/h14H,2-13,16H2,1H3. The lowest BCUT2D eigenvalue weighted by atomic mass is 10.1. The Morgan fingerprint density at radius 2 is 1.50 bits per heavy atom. The molecular weight excluding hydrogens is 252 g/mol. The van der Waals surface area contributed by atoms with Crippen molar-refractivity contribution in [2.45, 2.75) is 32.6 Å². The van der Waals surface area contributed by atoms with E-state index in [0.717, 1.165) is 52.4 Å². The van der Waals surface area contributed by atoms with E-state index in [0.29, 0.717) is 5.92 Å². The molecule has 0 aromatic heterocycles. The predicted molar refractivity (Wildman–Crippen MR) is 81.7 cm³/mol. The monoisotopic (exact) mass is 282 g/mol. The molecule has 116 valence electrons. The molecule has 5 heteroatoms. The van der Waals surface area contributed by atoms with Gasteiger partial charge >= 0.3 is 6.03 Å². The fourth-order valence-electron chi connectivity index (χ4n) is 3.10. The van der Waals surface area contributed by atoms with Crippen molar-refractivity contribution in [1.29, 1.82) is 0 Å². The third kappa shape index (κ3) is 4.35. The third-order valence-electron chi connectivity index (χ3n) is 4.49. The molecule has 0 bridgehead atoms. The molecule has 0 aromatic rings. The first-order chi connectivity index (χ1) is 9.70. The lowest BCUT2D eigenvalue weighted by molar-refractivity contribution is 0.107. The second-order valence-electron chi connectivity index (χ2n) is 6.31. The Hall–Kier alpha value is -0.810. The molecule has 1 unspecified atom stereocenters. The zero-order valence-electron chi connectivity index (χ0n) is 12.9. The lowest BCUT2D eigenvalue weighted by Gasteiger charge is -2.38. The van der Waals surface area contributed by atoms with Crippen LogP contribution in [-0.4, -0.2) is 73.1 Å². The molecule has 5 nitrogen and oxygen atoms in total. The van der Waals surface area contributed by atoms with Crippen molar-refractivity contribution in [2.75, 3.05) is 52.4 Å². The van der Waals surface area contributed by atoms with Gasteiger partial charge < -0.3 is 15.5 Å². The Labute approximate surface area is 123 Å².